The molecule has 0 spiro atoms. The zero-order valence-corrected chi connectivity index (χ0v) is 17.2. The minimum absolute atomic E-state index is 0.0477. The number of nitrogens with zero attached hydrogens (tertiary/aromatic N) is 2. The van der Waals surface area contributed by atoms with E-state index in [-0.39, 0.29) is 64.3 Å². The van der Waals surface area contributed by atoms with Crippen molar-refractivity contribution in [2.45, 2.75) is 38.0 Å². The molecular formula is C22H16F3N3O5. The van der Waals surface area contributed by atoms with Crippen molar-refractivity contribution in [3.8, 4) is 17.1 Å². The maximum atomic E-state index is 15.1. The summed E-state index contributed by atoms with van der Waals surface area (Å²) in [4.78, 5) is 29.9. The second-order valence-electron chi connectivity index (χ2n) is 8.41. The Morgan fingerprint density at radius 2 is 2.00 bits per heavy atom. The number of aliphatic hydroxyl groups is 1. The van der Waals surface area contributed by atoms with E-state index < -0.39 is 46.7 Å². The molecule has 1 atom stereocenters. The predicted octanol–water partition coefficient (Wildman–Crippen LogP) is 2.29. The van der Waals surface area contributed by atoms with Crippen molar-refractivity contribution >= 4 is 22.6 Å². The zero-order valence-electron chi connectivity index (χ0n) is 17.2. The van der Waals surface area contributed by atoms with Gasteiger partial charge >= 0.3 is 11.9 Å². The molecule has 3 aliphatic heterocycles. The average Bonchev–Trinajstić information content (AvgIpc) is 3.14. The molecule has 6 rings (SSSR count). The quantitative estimate of drug-likeness (QED) is 0.331. The van der Waals surface area contributed by atoms with Crippen LogP contribution in [0.2, 0.25) is 0 Å². The van der Waals surface area contributed by atoms with Gasteiger partial charge in [0.2, 0.25) is 0 Å². The Morgan fingerprint density at radius 3 is 2.73 bits per heavy atom. The Balaban J connectivity index is 1.72. The fourth-order valence-corrected chi connectivity index (χ4v) is 4.98. The molecule has 170 valence electrons. The number of halogens is 3. The van der Waals surface area contributed by atoms with Crippen molar-refractivity contribution in [2.24, 2.45) is 0 Å². The zero-order chi connectivity index (χ0) is 23.4. The van der Waals surface area contributed by atoms with Crippen molar-refractivity contribution in [3.05, 3.63) is 50.6 Å². The lowest BCUT2D eigenvalue weighted by Crippen LogP contribution is -2.44. The lowest BCUT2D eigenvalue weighted by Gasteiger charge is -2.31. The smallest absolute Gasteiger partial charge is 0.343 e. The lowest BCUT2D eigenvalue weighted by molar-refractivity contribution is -0.172. The number of carbonyl (C=O) groups is 1. The van der Waals surface area contributed by atoms with Gasteiger partial charge in [-0.2, -0.15) is 8.78 Å². The SMILES string of the molecule is CCC1(O)C(=O)OCc2c1cc1n(c2=O)Cc2c-1nc1cc(F)c(N)c3c1c2C(F)(F)CO3. The highest BCUT2D eigenvalue weighted by molar-refractivity contribution is 5.98. The molecule has 0 saturated carbocycles. The minimum atomic E-state index is -3.45. The van der Waals surface area contributed by atoms with Crippen LogP contribution in [0.3, 0.4) is 0 Å². The molecule has 1 unspecified atom stereocenters. The summed E-state index contributed by atoms with van der Waals surface area (Å²) in [6.07, 6.45) is -0.0613. The van der Waals surface area contributed by atoms with Crippen molar-refractivity contribution in [1.82, 2.24) is 9.55 Å². The fraction of sp³-hybridized carbons (Fsp3) is 0.318. The van der Waals surface area contributed by atoms with Crippen LogP contribution in [0.4, 0.5) is 18.9 Å². The standard InChI is InChI=1S/C22H16F3N3O5/c1-2-21(31)10-3-13-17-8(5-28(13)19(29)9(10)6-32-20(21)30)15-14-12(27-17)4-11(23)16(26)18(14)33-7-22(15,24)25/h3-4,31H,2,5-7,26H2,1H3. The van der Waals surface area contributed by atoms with Gasteiger partial charge in [-0.3, -0.25) is 4.79 Å². The number of nitrogens with two attached hydrogens (primary N) is 1. The number of carbonyl (C=O) groups excluding carboxylic acids is 1. The molecule has 0 saturated heterocycles. The number of rotatable bonds is 1. The summed E-state index contributed by atoms with van der Waals surface area (Å²) in [7, 11) is 0. The third kappa shape index (κ3) is 2.32. The summed E-state index contributed by atoms with van der Waals surface area (Å²) in [6, 6.07) is 2.35. The number of cyclic esters (lactones) is 1. The highest BCUT2D eigenvalue weighted by Gasteiger charge is 2.48. The first-order valence-corrected chi connectivity index (χ1v) is 10.2. The van der Waals surface area contributed by atoms with E-state index in [0.29, 0.717) is 0 Å². The molecular weight excluding hydrogens is 443 g/mol. The van der Waals surface area contributed by atoms with Crippen molar-refractivity contribution in [2.75, 3.05) is 12.3 Å². The first kappa shape index (κ1) is 20.0. The Kier molecular flexibility index (Phi) is 3.67. The molecule has 3 N–H and O–H groups in total. The van der Waals surface area contributed by atoms with Gasteiger partial charge in [0.1, 0.15) is 12.3 Å². The van der Waals surface area contributed by atoms with Gasteiger partial charge < -0.3 is 24.9 Å². The van der Waals surface area contributed by atoms with E-state index in [1.807, 2.05) is 0 Å². The normalized spacial score (nSPS) is 21.8. The number of ether oxygens (including phenoxy) is 2. The predicted molar refractivity (Wildman–Crippen MR) is 108 cm³/mol. The number of alkyl halides is 2. The van der Waals surface area contributed by atoms with Gasteiger partial charge in [-0.15, -0.1) is 0 Å². The molecule has 3 aliphatic rings. The highest BCUT2D eigenvalue weighted by atomic mass is 19.3. The third-order valence-electron chi connectivity index (χ3n) is 6.68. The number of esters is 1. The Hall–Kier alpha value is -3.60. The largest absolute Gasteiger partial charge is 0.484 e. The topological polar surface area (TPSA) is 117 Å². The second-order valence-corrected chi connectivity index (χ2v) is 8.41. The van der Waals surface area contributed by atoms with Crippen LogP contribution >= 0.6 is 0 Å². The van der Waals surface area contributed by atoms with Gasteiger partial charge in [-0.25, -0.2) is 14.2 Å². The van der Waals surface area contributed by atoms with Crippen LogP contribution in [0.5, 0.6) is 5.75 Å². The molecule has 8 nitrogen and oxygen atoms in total. The van der Waals surface area contributed by atoms with E-state index in [1.54, 1.807) is 6.92 Å². The summed E-state index contributed by atoms with van der Waals surface area (Å²) in [5.41, 5.74) is 2.58. The highest BCUT2D eigenvalue weighted by Crippen LogP contribution is 2.50. The molecule has 0 fully saturated rings. The minimum Gasteiger partial charge on any atom is -0.484 e. The van der Waals surface area contributed by atoms with Gasteiger partial charge in [0, 0.05) is 22.8 Å². The van der Waals surface area contributed by atoms with E-state index >= 15 is 8.78 Å². The number of hydrogen-bond acceptors (Lipinski definition) is 7. The second kappa shape index (κ2) is 6.04. The van der Waals surface area contributed by atoms with E-state index in [9.17, 15) is 19.1 Å². The molecule has 2 aromatic heterocycles. The fourth-order valence-electron chi connectivity index (χ4n) is 4.98. The van der Waals surface area contributed by atoms with Gasteiger partial charge in [-0.05, 0) is 12.5 Å². The van der Waals surface area contributed by atoms with E-state index in [0.717, 1.165) is 6.07 Å². The first-order chi connectivity index (χ1) is 15.6. The number of benzene rings is 1. The Morgan fingerprint density at radius 1 is 1.24 bits per heavy atom. The van der Waals surface area contributed by atoms with E-state index in [1.165, 1.54) is 10.6 Å². The molecule has 0 amide bonds. The first-order valence-electron chi connectivity index (χ1n) is 10.2. The summed E-state index contributed by atoms with van der Waals surface area (Å²) in [5.74, 6) is -5.42. The van der Waals surface area contributed by atoms with Crippen LogP contribution in [0.1, 0.15) is 35.6 Å². The number of fused-ring (bicyclic) bond motifs is 5. The number of pyridine rings is 2. The summed E-state index contributed by atoms with van der Waals surface area (Å²) < 4.78 is 56.0. The van der Waals surface area contributed by atoms with Crippen LogP contribution < -0.4 is 16.0 Å². The van der Waals surface area contributed by atoms with Crippen LogP contribution in [-0.2, 0) is 34.2 Å². The number of nitrogen functional groups attached to an aromatic ring is 1. The number of hydrogen-bond donors (Lipinski definition) is 2. The summed E-state index contributed by atoms with van der Waals surface area (Å²) in [5, 5.41) is 10.8. The van der Waals surface area contributed by atoms with Crippen LogP contribution in [-0.4, -0.2) is 27.2 Å². The molecule has 0 radical (unpaired) electrons. The molecule has 3 aromatic rings. The van der Waals surface area contributed by atoms with Crippen LogP contribution in [0, 0.1) is 5.82 Å². The van der Waals surface area contributed by atoms with Gasteiger partial charge in [0.05, 0.1) is 34.4 Å². The molecule has 1 aromatic carbocycles. The van der Waals surface area contributed by atoms with E-state index in [2.05, 4.69) is 4.98 Å². The Labute approximate surface area is 183 Å². The molecule has 11 heteroatoms. The molecule has 33 heavy (non-hydrogen) atoms. The summed E-state index contributed by atoms with van der Waals surface area (Å²) in [6.45, 7) is -0.0525. The number of aromatic nitrogens is 2. The molecule has 0 bridgehead atoms. The number of anilines is 1. The maximum Gasteiger partial charge on any atom is 0.343 e. The van der Waals surface area contributed by atoms with Crippen LogP contribution in [0.25, 0.3) is 22.3 Å². The van der Waals surface area contributed by atoms with Gasteiger partial charge in [0.25, 0.3) is 5.56 Å². The van der Waals surface area contributed by atoms with Crippen LogP contribution in [0.15, 0.2) is 16.9 Å². The molecule has 0 aliphatic carbocycles. The summed E-state index contributed by atoms with van der Waals surface area (Å²) >= 11 is 0. The van der Waals surface area contributed by atoms with Gasteiger partial charge in [-0.1, -0.05) is 6.92 Å². The monoisotopic (exact) mass is 459 g/mol. The average molecular weight is 459 g/mol. The third-order valence-corrected chi connectivity index (χ3v) is 6.68. The van der Waals surface area contributed by atoms with Crippen molar-refractivity contribution < 1.29 is 32.5 Å². The maximum absolute atomic E-state index is 15.1. The Bertz CT molecular complexity index is 1500. The lowest BCUT2D eigenvalue weighted by atomic mass is 9.86. The van der Waals surface area contributed by atoms with Gasteiger partial charge in [0.15, 0.2) is 23.8 Å². The van der Waals surface area contributed by atoms with Crippen molar-refractivity contribution in [1.29, 1.82) is 0 Å². The van der Waals surface area contributed by atoms with Crippen molar-refractivity contribution in [3.63, 3.8) is 0 Å². The van der Waals surface area contributed by atoms with E-state index in [4.69, 9.17) is 15.2 Å². The molecule has 5 heterocycles.